The van der Waals surface area contributed by atoms with E-state index in [1.165, 1.54) is 5.56 Å². The fourth-order valence-corrected chi connectivity index (χ4v) is 3.05. The third-order valence-corrected chi connectivity index (χ3v) is 4.45. The van der Waals surface area contributed by atoms with Crippen LogP contribution in [0.3, 0.4) is 0 Å². The summed E-state index contributed by atoms with van der Waals surface area (Å²) in [5.74, 6) is 1.46. The van der Waals surface area contributed by atoms with Crippen LogP contribution in [0, 0.1) is 0 Å². The Kier molecular flexibility index (Phi) is 6.68. The highest BCUT2D eigenvalue weighted by molar-refractivity contribution is 8.93. The molecule has 1 aromatic heterocycles. The molecule has 0 amide bonds. The monoisotopic (exact) mass is 421 g/mol. The van der Waals surface area contributed by atoms with Crippen molar-refractivity contribution in [3.8, 4) is 11.5 Å². The van der Waals surface area contributed by atoms with Gasteiger partial charge in [0.15, 0.2) is 11.5 Å². The van der Waals surface area contributed by atoms with Gasteiger partial charge in [-0.3, -0.25) is 4.98 Å². The Balaban J connectivity index is 0.00000225. The first-order valence-corrected chi connectivity index (χ1v) is 8.31. The Morgan fingerprint density at radius 3 is 2.12 bits per heavy atom. The summed E-state index contributed by atoms with van der Waals surface area (Å²) in [5, 5.41) is 3.01. The van der Waals surface area contributed by atoms with Crippen LogP contribution in [0.5, 0.6) is 11.5 Å². The average molecular weight is 423 g/mol. The molecular weight excluding hydrogens is 402 g/mol. The van der Waals surface area contributed by atoms with Gasteiger partial charge in [-0.15, -0.1) is 17.0 Å². The molecule has 0 atom stereocenters. The van der Waals surface area contributed by atoms with Crippen LogP contribution in [0.1, 0.15) is 23.7 Å². The molecule has 0 aliphatic heterocycles. The summed E-state index contributed by atoms with van der Waals surface area (Å²) >= 11 is 5.98. The molecule has 0 radical (unpaired) electrons. The minimum atomic E-state index is 0. The molecule has 5 heteroatoms. The van der Waals surface area contributed by atoms with Gasteiger partial charge >= 0.3 is 0 Å². The van der Waals surface area contributed by atoms with E-state index in [0.717, 1.165) is 51.4 Å². The van der Waals surface area contributed by atoms with Gasteiger partial charge in [-0.25, -0.2) is 0 Å². The van der Waals surface area contributed by atoms with Crippen LogP contribution in [0.25, 0.3) is 10.8 Å². The van der Waals surface area contributed by atoms with Crippen LogP contribution in [0.15, 0.2) is 42.6 Å². The average Bonchev–Trinajstić information content (AvgIpc) is 2.62. The zero-order valence-electron chi connectivity index (χ0n) is 14.5. The van der Waals surface area contributed by atoms with Gasteiger partial charge in [0.05, 0.1) is 14.2 Å². The van der Waals surface area contributed by atoms with Gasteiger partial charge in [-0.2, -0.15) is 0 Å². The number of hydrogen-bond donors (Lipinski definition) is 0. The molecular formula is C20H21BrClNO2. The maximum absolute atomic E-state index is 5.98. The minimum absolute atomic E-state index is 0. The molecule has 0 spiro atoms. The Morgan fingerprint density at radius 2 is 1.56 bits per heavy atom. The fraction of sp³-hybridized carbons (Fsp3) is 0.250. The number of halogens is 2. The SMILES string of the molecule is Br.CCc1ncc(Cc2ccc(Cl)cc2)c2cc(OC)c(OC)cc12. The van der Waals surface area contributed by atoms with Crippen LogP contribution in [0.2, 0.25) is 5.02 Å². The molecule has 3 nitrogen and oxygen atoms in total. The quantitative estimate of drug-likeness (QED) is 0.533. The zero-order valence-corrected chi connectivity index (χ0v) is 17.0. The summed E-state index contributed by atoms with van der Waals surface area (Å²) in [6, 6.07) is 12.0. The summed E-state index contributed by atoms with van der Waals surface area (Å²) < 4.78 is 10.9. The van der Waals surface area contributed by atoms with E-state index in [9.17, 15) is 0 Å². The highest BCUT2D eigenvalue weighted by Gasteiger charge is 2.13. The molecule has 2 aromatic carbocycles. The lowest BCUT2D eigenvalue weighted by Gasteiger charge is -2.14. The smallest absolute Gasteiger partial charge is 0.161 e. The normalized spacial score (nSPS) is 10.4. The van der Waals surface area contributed by atoms with E-state index in [2.05, 4.69) is 11.9 Å². The molecule has 0 saturated carbocycles. The largest absolute Gasteiger partial charge is 0.493 e. The van der Waals surface area contributed by atoms with Crippen molar-refractivity contribution < 1.29 is 9.47 Å². The lowest BCUT2D eigenvalue weighted by molar-refractivity contribution is 0.356. The van der Waals surface area contributed by atoms with E-state index in [4.69, 9.17) is 21.1 Å². The molecule has 0 aliphatic rings. The number of benzene rings is 2. The molecule has 0 saturated heterocycles. The molecule has 132 valence electrons. The van der Waals surface area contributed by atoms with Crippen molar-refractivity contribution in [2.75, 3.05) is 14.2 Å². The number of pyridine rings is 1. The van der Waals surface area contributed by atoms with Gasteiger partial charge in [0, 0.05) is 22.3 Å². The third-order valence-electron chi connectivity index (χ3n) is 4.20. The van der Waals surface area contributed by atoms with E-state index in [-0.39, 0.29) is 17.0 Å². The number of fused-ring (bicyclic) bond motifs is 1. The summed E-state index contributed by atoms with van der Waals surface area (Å²) in [4.78, 5) is 4.65. The van der Waals surface area contributed by atoms with Crippen LogP contribution in [-0.2, 0) is 12.8 Å². The summed E-state index contributed by atoms with van der Waals surface area (Å²) in [6.45, 7) is 2.11. The van der Waals surface area contributed by atoms with Gasteiger partial charge in [-0.1, -0.05) is 30.7 Å². The highest BCUT2D eigenvalue weighted by atomic mass is 79.9. The second kappa shape index (κ2) is 8.54. The molecule has 25 heavy (non-hydrogen) atoms. The summed E-state index contributed by atoms with van der Waals surface area (Å²) in [7, 11) is 3.31. The topological polar surface area (TPSA) is 31.4 Å². The van der Waals surface area contributed by atoms with Crippen molar-refractivity contribution in [1.82, 2.24) is 4.98 Å². The van der Waals surface area contributed by atoms with Crippen molar-refractivity contribution >= 4 is 39.4 Å². The van der Waals surface area contributed by atoms with E-state index in [0.29, 0.717) is 0 Å². The lowest BCUT2D eigenvalue weighted by Crippen LogP contribution is -1.98. The number of methoxy groups -OCH3 is 2. The van der Waals surface area contributed by atoms with Crippen molar-refractivity contribution in [3.63, 3.8) is 0 Å². The third kappa shape index (κ3) is 4.07. The van der Waals surface area contributed by atoms with Gasteiger partial charge in [0.25, 0.3) is 0 Å². The van der Waals surface area contributed by atoms with Gasteiger partial charge in [0.2, 0.25) is 0 Å². The van der Waals surface area contributed by atoms with E-state index in [1.807, 2.05) is 42.6 Å². The van der Waals surface area contributed by atoms with E-state index >= 15 is 0 Å². The van der Waals surface area contributed by atoms with Gasteiger partial charge in [0.1, 0.15) is 0 Å². The molecule has 3 aromatic rings. The second-order valence-corrected chi connectivity index (χ2v) is 6.08. The first-order valence-electron chi connectivity index (χ1n) is 7.93. The summed E-state index contributed by atoms with van der Waals surface area (Å²) in [5.41, 5.74) is 3.41. The maximum Gasteiger partial charge on any atom is 0.161 e. The molecule has 0 N–H and O–H groups in total. The maximum atomic E-state index is 5.98. The van der Waals surface area contributed by atoms with Crippen LogP contribution in [-0.4, -0.2) is 19.2 Å². The number of aryl methyl sites for hydroxylation is 1. The van der Waals surface area contributed by atoms with Crippen molar-refractivity contribution in [1.29, 1.82) is 0 Å². The fourth-order valence-electron chi connectivity index (χ4n) is 2.92. The first kappa shape index (κ1) is 19.5. The Bertz CT molecular complexity index is 866. The Labute approximate surface area is 163 Å². The van der Waals surface area contributed by atoms with Gasteiger partial charge < -0.3 is 9.47 Å². The molecule has 0 fully saturated rings. The van der Waals surface area contributed by atoms with E-state index < -0.39 is 0 Å². The van der Waals surface area contributed by atoms with Crippen molar-refractivity contribution in [2.24, 2.45) is 0 Å². The summed E-state index contributed by atoms with van der Waals surface area (Å²) in [6.07, 6.45) is 3.62. The predicted octanol–water partition coefficient (Wildman–Crippen LogP) is 5.64. The molecule has 1 heterocycles. The molecule has 3 rings (SSSR count). The number of hydrogen-bond acceptors (Lipinski definition) is 3. The highest BCUT2D eigenvalue weighted by Crippen LogP contribution is 2.35. The second-order valence-electron chi connectivity index (χ2n) is 5.64. The number of nitrogens with zero attached hydrogens (tertiary/aromatic N) is 1. The minimum Gasteiger partial charge on any atom is -0.493 e. The van der Waals surface area contributed by atoms with E-state index in [1.54, 1.807) is 14.2 Å². The lowest BCUT2D eigenvalue weighted by atomic mass is 9.98. The number of aromatic nitrogens is 1. The van der Waals surface area contributed by atoms with Crippen molar-refractivity contribution in [2.45, 2.75) is 19.8 Å². The molecule has 0 bridgehead atoms. The standard InChI is InChI=1S/C20H20ClNO2.BrH/c1-4-18-17-11-20(24-3)19(23-2)10-16(17)14(12-22-18)9-13-5-7-15(21)8-6-13;/h5-8,10-12H,4,9H2,1-3H3;1H. The predicted molar refractivity (Wildman–Crippen MR) is 109 cm³/mol. The number of ether oxygens (including phenoxy) is 2. The first-order chi connectivity index (χ1) is 11.7. The number of rotatable bonds is 5. The molecule has 0 unspecified atom stereocenters. The zero-order chi connectivity index (χ0) is 17.1. The van der Waals surface area contributed by atoms with Gasteiger partial charge in [-0.05, 0) is 53.6 Å². The van der Waals surface area contributed by atoms with Crippen LogP contribution >= 0.6 is 28.6 Å². The van der Waals surface area contributed by atoms with Crippen molar-refractivity contribution in [3.05, 3.63) is 64.4 Å². The van der Waals surface area contributed by atoms with Crippen LogP contribution < -0.4 is 9.47 Å². The Morgan fingerprint density at radius 1 is 0.960 bits per heavy atom. The molecule has 0 aliphatic carbocycles. The Hall–Kier alpha value is -1.78. The van der Waals surface area contributed by atoms with Crippen LogP contribution in [0.4, 0.5) is 0 Å².